The fourth-order valence-corrected chi connectivity index (χ4v) is 5.35. The van der Waals surface area contributed by atoms with Crippen LogP contribution in [-0.4, -0.2) is 92.8 Å². The number of nitrogens with zero attached hydrogens (tertiary/aromatic N) is 4. The zero-order valence-electron chi connectivity index (χ0n) is 25.0. The number of aryl methyl sites for hydroxylation is 1. The minimum Gasteiger partial charge on any atom is -0.489 e. The van der Waals surface area contributed by atoms with E-state index in [2.05, 4.69) is 29.2 Å². The Morgan fingerprint density at radius 3 is 2.41 bits per heavy atom. The largest absolute Gasteiger partial charge is 0.573 e. The van der Waals surface area contributed by atoms with Gasteiger partial charge >= 0.3 is 18.8 Å². The third-order valence-corrected chi connectivity index (χ3v) is 7.54. The lowest BCUT2D eigenvalue weighted by molar-refractivity contribution is -0.274. The summed E-state index contributed by atoms with van der Waals surface area (Å²) in [6, 6.07) is 11.4. The van der Waals surface area contributed by atoms with E-state index < -0.39 is 12.3 Å². The second-order valence-electron chi connectivity index (χ2n) is 10.6. The molecule has 0 bridgehead atoms. The van der Waals surface area contributed by atoms with Gasteiger partial charge in [0.05, 0.1) is 25.5 Å². The molecule has 0 unspecified atom stereocenters. The summed E-state index contributed by atoms with van der Waals surface area (Å²) in [5, 5.41) is 0. The predicted octanol–water partition coefficient (Wildman–Crippen LogP) is 3.16. The Kier molecular flexibility index (Phi) is 10.9. The molecule has 0 radical (unpaired) electrons. The van der Waals surface area contributed by atoms with Crippen molar-refractivity contribution in [3.8, 4) is 22.8 Å². The number of anilines is 2. The first-order valence-corrected chi connectivity index (χ1v) is 14.7. The van der Waals surface area contributed by atoms with E-state index >= 15 is 0 Å². The van der Waals surface area contributed by atoms with E-state index in [9.17, 15) is 22.8 Å². The topological polar surface area (TPSA) is 139 Å². The van der Waals surface area contributed by atoms with E-state index in [1.807, 2.05) is 18.2 Å². The van der Waals surface area contributed by atoms with Gasteiger partial charge in [0.25, 0.3) is 0 Å². The number of piperazine rings is 1. The zero-order valence-corrected chi connectivity index (χ0v) is 25.0. The summed E-state index contributed by atoms with van der Waals surface area (Å²) < 4.78 is 61.9. The Balaban J connectivity index is 1.12. The molecule has 246 valence electrons. The van der Waals surface area contributed by atoms with E-state index in [4.69, 9.17) is 19.9 Å². The SMILES string of the molecule is Nc1nc2c(c(N3CCN(CCOCCOCC(=O)OC=O)CC3)n1)CCc1cc(OCc3ccc(OC(F)(F)F)cc3)ccc1-2. The van der Waals surface area contributed by atoms with Gasteiger partial charge in [-0.25, -0.2) is 9.78 Å². The van der Waals surface area contributed by atoms with Gasteiger partial charge in [0.15, 0.2) is 0 Å². The highest BCUT2D eigenvalue weighted by molar-refractivity contribution is 5.77. The summed E-state index contributed by atoms with van der Waals surface area (Å²) >= 11 is 0. The summed E-state index contributed by atoms with van der Waals surface area (Å²) in [5.74, 6) is 0.683. The second-order valence-corrected chi connectivity index (χ2v) is 10.6. The Hall–Kier alpha value is -4.47. The number of rotatable bonds is 14. The highest BCUT2D eigenvalue weighted by atomic mass is 19.4. The molecule has 1 aromatic heterocycles. The number of hydrogen-bond donors (Lipinski definition) is 1. The first-order valence-electron chi connectivity index (χ1n) is 14.7. The van der Waals surface area contributed by atoms with Crippen LogP contribution in [0.3, 0.4) is 0 Å². The molecule has 1 saturated heterocycles. The van der Waals surface area contributed by atoms with Crippen LogP contribution in [0.4, 0.5) is 24.9 Å². The van der Waals surface area contributed by atoms with Gasteiger partial charge < -0.3 is 34.3 Å². The van der Waals surface area contributed by atoms with Crippen LogP contribution < -0.4 is 20.1 Å². The number of aromatic nitrogens is 2. The average molecular weight is 646 g/mol. The van der Waals surface area contributed by atoms with E-state index in [-0.39, 0.29) is 38.0 Å². The van der Waals surface area contributed by atoms with Crippen LogP contribution in [0.15, 0.2) is 42.5 Å². The summed E-state index contributed by atoms with van der Waals surface area (Å²) in [6.45, 7) is 4.98. The third-order valence-electron chi connectivity index (χ3n) is 7.54. The molecular weight excluding hydrogens is 611 g/mol. The number of carbonyl (C=O) groups is 2. The number of esters is 1. The number of halogens is 3. The van der Waals surface area contributed by atoms with Crippen LogP contribution in [0.25, 0.3) is 11.3 Å². The maximum absolute atomic E-state index is 12.4. The first kappa shape index (κ1) is 32.9. The van der Waals surface area contributed by atoms with Gasteiger partial charge in [-0.15, -0.1) is 13.2 Å². The van der Waals surface area contributed by atoms with E-state index in [1.165, 1.54) is 24.3 Å². The summed E-state index contributed by atoms with van der Waals surface area (Å²) in [7, 11) is 0. The van der Waals surface area contributed by atoms with Crippen LogP contribution >= 0.6 is 0 Å². The van der Waals surface area contributed by atoms with Gasteiger partial charge in [-0.2, -0.15) is 4.98 Å². The first-order chi connectivity index (χ1) is 22.2. The van der Waals surface area contributed by atoms with E-state index in [0.717, 1.165) is 73.8 Å². The Morgan fingerprint density at radius 1 is 0.935 bits per heavy atom. The van der Waals surface area contributed by atoms with Crippen molar-refractivity contribution in [2.45, 2.75) is 25.8 Å². The zero-order chi connectivity index (χ0) is 32.5. The number of benzene rings is 2. The van der Waals surface area contributed by atoms with Crippen LogP contribution in [0.2, 0.25) is 0 Å². The molecule has 0 atom stereocenters. The average Bonchev–Trinajstić information content (AvgIpc) is 3.03. The Bertz CT molecular complexity index is 1500. The minimum absolute atomic E-state index is 0.0712. The van der Waals surface area contributed by atoms with Crippen molar-refractivity contribution >= 4 is 24.2 Å². The number of carbonyl (C=O) groups excluding carboxylic acids is 2. The molecular formula is C31H34F3N5O7. The van der Waals surface area contributed by atoms with Gasteiger partial charge in [0, 0.05) is 43.9 Å². The molecule has 5 rings (SSSR count). The maximum Gasteiger partial charge on any atom is 0.573 e. The molecule has 46 heavy (non-hydrogen) atoms. The van der Waals surface area contributed by atoms with Crippen LogP contribution in [0, 0.1) is 0 Å². The fourth-order valence-electron chi connectivity index (χ4n) is 5.35. The van der Waals surface area contributed by atoms with Crippen molar-refractivity contribution in [1.82, 2.24) is 14.9 Å². The normalized spacial score (nSPS) is 14.7. The monoisotopic (exact) mass is 645 g/mol. The van der Waals surface area contributed by atoms with Crippen molar-refractivity contribution in [2.24, 2.45) is 0 Å². The number of hydrogen-bond acceptors (Lipinski definition) is 12. The van der Waals surface area contributed by atoms with Crippen LogP contribution in [0.5, 0.6) is 11.5 Å². The minimum atomic E-state index is -4.73. The van der Waals surface area contributed by atoms with Crippen molar-refractivity contribution in [3.63, 3.8) is 0 Å². The number of alkyl halides is 3. The molecule has 1 aliphatic carbocycles. The molecule has 15 heteroatoms. The van der Waals surface area contributed by atoms with Crippen molar-refractivity contribution < 1.29 is 46.4 Å². The smallest absolute Gasteiger partial charge is 0.489 e. The molecule has 2 heterocycles. The standard InChI is InChI=1S/C31H34F3N5O7/c32-31(33,34)46-23-4-1-21(2-5-23)18-44-24-6-8-25-22(17-24)3-7-26-28(25)36-30(35)37-29(26)39-11-9-38(10-12-39)13-14-42-15-16-43-19-27(41)45-20-40/h1-2,4-6,8,17,20H,3,7,9-16,18-19H2,(H2,35,36,37). The van der Waals surface area contributed by atoms with Gasteiger partial charge in [0.1, 0.15) is 30.5 Å². The molecule has 0 amide bonds. The quantitative estimate of drug-likeness (QED) is 0.119. The van der Waals surface area contributed by atoms with Crippen molar-refractivity contribution in [1.29, 1.82) is 0 Å². The Labute approximate surface area is 263 Å². The second kappa shape index (κ2) is 15.2. The van der Waals surface area contributed by atoms with E-state index in [0.29, 0.717) is 24.5 Å². The lowest BCUT2D eigenvalue weighted by Crippen LogP contribution is -2.48. The molecule has 1 fully saturated rings. The van der Waals surface area contributed by atoms with Crippen molar-refractivity contribution in [2.75, 3.05) is 69.8 Å². The maximum atomic E-state index is 12.4. The molecule has 0 saturated carbocycles. The third kappa shape index (κ3) is 9.05. The van der Waals surface area contributed by atoms with Gasteiger partial charge in [-0.05, 0) is 54.3 Å². The molecule has 0 spiro atoms. The predicted molar refractivity (Wildman–Crippen MR) is 159 cm³/mol. The molecule has 12 nitrogen and oxygen atoms in total. The molecule has 2 aromatic carbocycles. The lowest BCUT2D eigenvalue weighted by Gasteiger charge is -2.37. The highest BCUT2D eigenvalue weighted by Gasteiger charge is 2.31. The van der Waals surface area contributed by atoms with Crippen LogP contribution in [-0.2, 0) is 43.2 Å². The van der Waals surface area contributed by atoms with Crippen LogP contribution in [0.1, 0.15) is 16.7 Å². The number of fused-ring (bicyclic) bond motifs is 3. The Morgan fingerprint density at radius 2 is 1.67 bits per heavy atom. The number of ether oxygens (including phenoxy) is 5. The van der Waals surface area contributed by atoms with Gasteiger partial charge in [-0.1, -0.05) is 12.1 Å². The fraction of sp³-hybridized carbons (Fsp3) is 0.419. The molecule has 2 N–H and O–H groups in total. The molecule has 2 aliphatic rings. The summed E-state index contributed by atoms with van der Waals surface area (Å²) in [6.07, 6.45) is -3.23. The van der Waals surface area contributed by atoms with Crippen molar-refractivity contribution in [3.05, 3.63) is 59.2 Å². The lowest BCUT2D eigenvalue weighted by atomic mass is 9.88. The summed E-state index contributed by atoms with van der Waals surface area (Å²) in [5.41, 5.74) is 10.8. The summed E-state index contributed by atoms with van der Waals surface area (Å²) in [4.78, 5) is 34.9. The molecule has 3 aromatic rings. The number of nitrogens with two attached hydrogens (primary N) is 1. The van der Waals surface area contributed by atoms with Gasteiger partial charge in [-0.3, -0.25) is 9.69 Å². The van der Waals surface area contributed by atoms with E-state index in [1.54, 1.807) is 0 Å². The molecule has 1 aliphatic heterocycles. The van der Waals surface area contributed by atoms with Gasteiger partial charge in [0.2, 0.25) is 5.95 Å². The number of nitrogen functional groups attached to an aromatic ring is 1. The highest BCUT2D eigenvalue weighted by Crippen LogP contribution is 2.38.